The third-order valence-electron chi connectivity index (χ3n) is 6.31. The second-order valence-corrected chi connectivity index (χ2v) is 10.1. The van der Waals surface area contributed by atoms with Crippen LogP contribution in [0, 0.1) is 0 Å². The number of nitrogens with one attached hydrogen (secondary N) is 2. The summed E-state index contributed by atoms with van der Waals surface area (Å²) in [5.74, 6) is 2.11. The number of aromatic nitrogens is 4. The molecule has 2 N–H and O–H groups in total. The van der Waals surface area contributed by atoms with Gasteiger partial charge in [0.25, 0.3) is 5.91 Å². The Morgan fingerprint density at radius 1 is 1.10 bits per heavy atom. The third-order valence-corrected chi connectivity index (χ3v) is 7.57. The van der Waals surface area contributed by atoms with Crippen molar-refractivity contribution in [1.82, 2.24) is 19.7 Å². The van der Waals surface area contributed by atoms with Crippen molar-refractivity contribution in [3.63, 3.8) is 0 Å². The summed E-state index contributed by atoms with van der Waals surface area (Å²) in [5, 5.41) is 12.2. The van der Waals surface area contributed by atoms with Crippen LogP contribution in [0.15, 0.2) is 77.4 Å². The summed E-state index contributed by atoms with van der Waals surface area (Å²) >= 11 is 7.80. The van der Waals surface area contributed by atoms with Gasteiger partial charge in [-0.25, -0.2) is 4.68 Å². The average molecular weight is 579 g/mol. The largest absolute Gasteiger partial charge is 0.493 e. The van der Waals surface area contributed by atoms with Crippen LogP contribution in [-0.4, -0.2) is 47.0 Å². The number of fused-ring (bicyclic) bond motifs is 1. The van der Waals surface area contributed by atoms with Gasteiger partial charge in [0.2, 0.25) is 16.9 Å². The lowest BCUT2D eigenvalue weighted by Crippen LogP contribution is -2.31. The predicted octanol–water partition coefficient (Wildman–Crippen LogP) is 5.57. The zero-order valence-electron chi connectivity index (χ0n) is 22.3. The molecule has 0 radical (unpaired) electrons. The van der Waals surface area contributed by atoms with Crippen molar-refractivity contribution in [2.45, 2.75) is 23.9 Å². The molecule has 0 aliphatic carbocycles. The van der Waals surface area contributed by atoms with E-state index in [-0.39, 0.29) is 5.91 Å². The van der Waals surface area contributed by atoms with Gasteiger partial charge in [-0.3, -0.25) is 9.78 Å². The molecule has 0 saturated heterocycles. The fraction of sp³-hybridized carbons (Fsp3) is 0.214. The molecule has 1 aliphatic rings. The predicted molar refractivity (Wildman–Crippen MR) is 154 cm³/mol. The fourth-order valence-electron chi connectivity index (χ4n) is 4.45. The van der Waals surface area contributed by atoms with Gasteiger partial charge in [-0.1, -0.05) is 41.6 Å². The lowest BCUT2D eigenvalue weighted by molar-refractivity contribution is -0.113. The van der Waals surface area contributed by atoms with Gasteiger partial charge in [0, 0.05) is 22.7 Å². The molecular formula is C28H27ClN6O4S. The molecule has 1 aliphatic heterocycles. The number of carbonyl (C=O) groups excluding carboxylic acids is 1. The highest BCUT2D eigenvalue weighted by molar-refractivity contribution is 7.98. The number of nitrogens with zero attached hydrogens (tertiary/aromatic N) is 4. The van der Waals surface area contributed by atoms with Gasteiger partial charge < -0.3 is 24.8 Å². The number of hydrogen-bond acceptors (Lipinski definition) is 9. The van der Waals surface area contributed by atoms with Gasteiger partial charge >= 0.3 is 0 Å². The van der Waals surface area contributed by atoms with E-state index in [4.69, 9.17) is 35.9 Å². The number of rotatable bonds is 9. The molecule has 4 aromatic rings. The second kappa shape index (κ2) is 11.9. The van der Waals surface area contributed by atoms with Gasteiger partial charge in [0.1, 0.15) is 6.04 Å². The number of hydrogen-bond donors (Lipinski definition) is 2. The van der Waals surface area contributed by atoms with Crippen LogP contribution in [-0.2, 0) is 10.5 Å². The quantitative estimate of drug-likeness (QED) is 0.246. The van der Waals surface area contributed by atoms with Crippen LogP contribution in [0.2, 0.25) is 5.02 Å². The van der Waals surface area contributed by atoms with Gasteiger partial charge in [0.15, 0.2) is 11.5 Å². The molecule has 206 valence electrons. The lowest BCUT2D eigenvalue weighted by Gasteiger charge is -2.29. The minimum absolute atomic E-state index is 0.317. The summed E-state index contributed by atoms with van der Waals surface area (Å²) < 4.78 is 18.4. The number of halogens is 1. The topological polar surface area (TPSA) is 112 Å². The van der Waals surface area contributed by atoms with Crippen LogP contribution < -0.4 is 24.8 Å². The monoisotopic (exact) mass is 578 g/mol. The molecule has 1 atom stereocenters. The Morgan fingerprint density at radius 3 is 2.50 bits per heavy atom. The molecular weight excluding hydrogens is 552 g/mol. The molecule has 0 spiro atoms. The van der Waals surface area contributed by atoms with Crippen LogP contribution in [0.5, 0.6) is 17.2 Å². The van der Waals surface area contributed by atoms with Crippen LogP contribution in [0.3, 0.4) is 0 Å². The molecule has 3 heterocycles. The van der Waals surface area contributed by atoms with E-state index >= 15 is 0 Å². The van der Waals surface area contributed by atoms with Crippen LogP contribution in [0.25, 0.3) is 0 Å². The minimum Gasteiger partial charge on any atom is -0.493 e. The van der Waals surface area contributed by atoms with E-state index in [2.05, 4.69) is 15.6 Å². The van der Waals surface area contributed by atoms with E-state index in [1.165, 1.54) is 11.8 Å². The molecule has 2 aromatic carbocycles. The number of allylic oxidation sites excluding steroid dienone is 1. The highest BCUT2D eigenvalue weighted by Crippen LogP contribution is 2.44. The Bertz CT molecular complexity index is 1550. The second-order valence-electron chi connectivity index (χ2n) is 8.76. The smallest absolute Gasteiger partial charge is 0.255 e. The minimum atomic E-state index is -0.663. The van der Waals surface area contributed by atoms with E-state index in [9.17, 15) is 4.79 Å². The number of anilines is 2. The third kappa shape index (κ3) is 5.43. The standard InChI is InChI=1S/C28H27ClN6O4S/c1-16-23(26(36)32-19-9-7-11-30-14-19)24(18-12-21(37-2)25(39-4)22(13-18)38-3)35-27(31-16)33-28(34-35)40-15-17-8-5-6-10-20(17)29/h5-14,24H,15H2,1-4H3,(H,32,36)(H,31,33,34). The Balaban J connectivity index is 1.58. The van der Waals surface area contributed by atoms with Crippen LogP contribution in [0.1, 0.15) is 24.1 Å². The van der Waals surface area contributed by atoms with Crippen molar-refractivity contribution in [2.75, 3.05) is 32.0 Å². The number of benzene rings is 2. The van der Waals surface area contributed by atoms with Gasteiger partial charge in [-0.2, -0.15) is 4.98 Å². The first-order valence-electron chi connectivity index (χ1n) is 12.2. The first-order valence-corrected chi connectivity index (χ1v) is 13.6. The van der Waals surface area contributed by atoms with E-state index in [1.807, 2.05) is 43.3 Å². The average Bonchev–Trinajstić information content (AvgIpc) is 3.37. The lowest BCUT2D eigenvalue weighted by atomic mass is 9.94. The normalized spacial score (nSPS) is 14.3. The summed E-state index contributed by atoms with van der Waals surface area (Å²) in [5.41, 5.74) is 3.31. The summed E-state index contributed by atoms with van der Waals surface area (Å²) in [6.45, 7) is 1.83. The van der Waals surface area contributed by atoms with Crippen molar-refractivity contribution in [3.05, 3.63) is 88.3 Å². The number of methoxy groups -OCH3 is 3. The Kier molecular flexibility index (Phi) is 8.13. The Hall–Kier alpha value is -4.22. The van der Waals surface area contributed by atoms with Crippen molar-refractivity contribution < 1.29 is 19.0 Å². The molecule has 0 saturated carbocycles. The molecule has 10 nitrogen and oxygen atoms in total. The van der Waals surface area contributed by atoms with E-state index in [0.717, 1.165) is 5.56 Å². The SMILES string of the molecule is COc1cc(C2C(C(=O)Nc3cccnc3)=C(C)Nc3nc(SCc4ccccc4Cl)nn32)cc(OC)c1OC. The van der Waals surface area contributed by atoms with E-state index < -0.39 is 6.04 Å². The van der Waals surface area contributed by atoms with E-state index in [0.29, 0.717) is 61.6 Å². The summed E-state index contributed by atoms with van der Waals surface area (Å²) in [4.78, 5) is 22.6. The van der Waals surface area contributed by atoms with Crippen LogP contribution >= 0.6 is 23.4 Å². The number of amides is 1. The molecule has 1 unspecified atom stereocenters. The highest BCUT2D eigenvalue weighted by Gasteiger charge is 2.35. The van der Waals surface area contributed by atoms with Crippen molar-refractivity contribution in [1.29, 1.82) is 0 Å². The zero-order valence-corrected chi connectivity index (χ0v) is 23.8. The molecule has 0 fully saturated rings. The molecule has 1 amide bonds. The molecule has 0 bridgehead atoms. The van der Waals surface area contributed by atoms with Crippen molar-refractivity contribution >= 4 is 40.9 Å². The highest BCUT2D eigenvalue weighted by atomic mass is 35.5. The van der Waals surface area contributed by atoms with Gasteiger partial charge in [0.05, 0.1) is 38.8 Å². The summed E-state index contributed by atoms with van der Waals surface area (Å²) in [6.07, 6.45) is 3.23. The van der Waals surface area contributed by atoms with E-state index in [1.54, 1.807) is 50.5 Å². The summed E-state index contributed by atoms with van der Waals surface area (Å²) in [6, 6.07) is 14.1. The molecule has 12 heteroatoms. The molecule has 5 rings (SSSR count). The number of pyridine rings is 1. The maximum Gasteiger partial charge on any atom is 0.255 e. The maximum absolute atomic E-state index is 13.8. The van der Waals surface area contributed by atoms with Gasteiger partial charge in [-0.15, -0.1) is 5.10 Å². The van der Waals surface area contributed by atoms with Gasteiger partial charge in [-0.05, 0) is 48.4 Å². The Labute approximate surface area is 240 Å². The van der Waals surface area contributed by atoms with Crippen molar-refractivity contribution in [3.8, 4) is 17.2 Å². The number of carbonyl (C=O) groups is 1. The first-order chi connectivity index (χ1) is 19.4. The van der Waals surface area contributed by atoms with Crippen LogP contribution in [0.4, 0.5) is 11.6 Å². The number of thioether (sulfide) groups is 1. The number of ether oxygens (including phenoxy) is 3. The Morgan fingerprint density at radius 2 is 1.85 bits per heavy atom. The molecule has 40 heavy (non-hydrogen) atoms. The maximum atomic E-state index is 13.8. The summed E-state index contributed by atoms with van der Waals surface area (Å²) in [7, 11) is 4.63. The zero-order chi connectivity index (χ0) is 28.2. The fourth-order valence-corrected chi connectivity index (χ4v) is 5.56. The first kappa shape index (κ1) is 27.4. The van der Waals surface area contributed by atoms with Crippen molar-refractivity contribution in [2.24, 2.45) is 0 Å². The molecule has 2 aromatic heterocycles.